The highest BCUT2D eigenvalue weighted by Crippen LogP contribution is 2.38. The molecule has 29 heavy (non-hydrogen) atoms. The van der Waals surface area contributed by atoms with Crippen molar-refractivity contribution in [3.05, 3.63) is 72.3 Å². The number of hydrogen-bond acceptors (Lipinski definition) is 8. The Morgan fingerprint density at radius 2 is 1.83 bits per heavy atom. The van der Waals surface area contributed by atoms with Crippen molar-refractivity contribution in [2.45, 2.75) is 10.9 Å². The summed E-state index contributed by atoms with van der Waals surface area (Å²) >= 11 is 0. The van der Waals surface area contributed by atoms with Crippen LogP contribution in [0.15, 0.2) is 71.6 Å². The van der Waals surface area contributed by atoms with E-state index in [9.17, 15) is 21.6 Å². The monoisotopic (exact) mass is 437 g/mol. The van der Waals surface area contributed by atoms with Crippen molar-refractivity contribution < 1.29 is 26.4 Å². The Morgan fingerprint density at radius 3 is 2.48 bits per heavy atom. The van der Waals surface area contributed by atoms with Gasteiger partial charge in [0.05, 0.1) is 23.7 Å². The zero-order valence-electron chi connectivity index (χ0n) is 15.3. The maximum atomic E-state index is 13.2. The van der Waals surface area contributed by atoms with Crippen LogP contribution in [0.1, 0.15) is 11.6 Å². The molecule has 154 valence electrons. The highest BCUT2D eigenvalue weighted by Gasteiger charge is 2.39. The van der Waals surface area contributed by atoms with Crippen molar-refractivity contribution in [3.63, 3.8) is 0 Å². The van der Waals surface area contributed by atoms with Gasteiger partial charge in [-0.1, -0.05) is 46.9 Å². The van der Waals surface area contributed by atoms with E-state index in [1.54, 1.807) is 42.5 Å². The Balaban J connectivity index is 2.09. The number of para-hydroxylation sites is 1. The molecule has 0 saturated carbocycles. The largest absolute Gasteiger partial charge is 0.466 e. The highest BCUT2D eigenvalue weighted by molar-refractivity contribution is 7.89. The Bertz CT molecular complexity index is 1090. The summed E-state index contributed by atoms with van der Waals surface area (Å²) in [7, 11) is -6.07. The molecule has 11 heteroatoms. The average Bonchev–Trinajstić information content (AvgIpc) is 3.08. The zero-order chi connectivity index (χ0) is 21.0. The van der Waals surface area contributed by atoms with Gasteiger partial charge in [0.1, 0.15) is 5.88 Å². The molecule has 0 fully saturated rings. The molecule has 0 amide bonds. The highest BCUT2D eigenvalue weighted by atomic mass is 32.2. The summed E-state index contributed by atoms with van der Waals surface area (Å²) in [5, 5.41) is 1.18. The van der Waals surface area contributed by atoms with Crippen molar-refractivity contribution in [1.29, 1.82) is 0 Å². The number of ether oxygens (including phenoxy) is 1. The predicted molar refractivity (Wildman–Crippen MR) is 106 cm³/mol. The number of hydrazine groups is 2. The van der Waals surface area contributed by atoms with Crippen molar-refractivity contribution in [1.82, 2.24) is 9.53 Å². The molecule has 1 aliphatic heterocycles. The van der Waals surface area contributed by atoms with Crippen molar-refractivity contribution in [3.8, 4) is 0 Å². The lowest BCUT2D eigenvalue weighted by atomic mass is 10.1. The molecular weight excluding hydrogens is 418 g/mol. The predicted octanol–water partition coefficient (Wildman–Crippen LogP) is 1.27. The molecule has 9 nitrogen and oxygen atoms in total. The van der Waals surface area contributed by atoms with Gasteiger partial charge in [-0.15, -0.1) is 5.12 Å². The van der Waals surface area contributed by atoms with Crippen molar-refractivity contribution >= 4 is 32.4 Å². The first-order valence-corrected chi connectivity index (χ1v) is 11.3. The molecule has 1 N–H and O–H groups in total. The minimum absolute atomic E-state index is 0.0645. The summed E-state index contributed by atoms with van der Waals surface area (Å²) < 4.78 is 54.8. The average molecular weight is 437 g/mol. The van der Waals surface area contributed by atoms with Crippen molar-refractivity contribution in [2.24, 2.45) is 0 Å². The van der Waals surface area contributed by atoms with Gasteiger partial charge >= 0.3 is 5.97 Å². The molecule has 0 radical (unpaired) electrons. The SMILES string of the molecule is COC(=O)C=CC1c2ccccc2NN1N(C[SH](=O)=O)S(=O)(=O)c1ccccc1. The molecule has 0 spiro atoms. The van der Waals surface area contributed by atoms with Crippen LogP contribution in [0.4, 0.5) is 5.69 Å². The maximum absolute atomic E-state index is 13.2. The zero-order valence-corrected chi connectivity index (χ0v) is 17.0. The number of sulfonamides is 1. The Morgan fingerprint density at radius 1 is 1.17 bits per heavy atom. The number of thiol groups is 1. The van der Waals surface area contributed by atoms with Gasteiger partial charge < -0.3 is 10.2 Å². The Kier molecular flexibility index (Phi) is 6.33. The topological polar surface area (TPSA) is 113 Å². The quantitative estimate of drug-likeness (QED) is 0.378. The van der Waals surface area contributed by atoms with Gasteiger partial charge in [-0.25, -0.2) is 21.6 Å². The number of carbonyl (C=O) groups is 1. The fourth-order valence-electron chi connectivity index (χ4n) is 2.87. The molecule has 1 unspecified atom stereocenters. The van der Waals surface area contributed by atoms with E-state index in [1.165, 1.54) is 30.4 Å². The number of methoxy groups -OCH3 is 1. The second-order valence-electron chi connectivity index (χ2n) is 5.99. The van der Waals surface area contributed by atoms with E-state index in [1.807, 2.05) is 0 Å². The van der Waals surface area contributed by atoms with E-state index in [0.29, 0.717) is 11.3 Å². The molecule has 0 aromatic heterocycles. The van der Waals surface area contributed by atoms with Crippen LogP contribution in [0, 0.1) is 0 Å². The number of benzene rings is 2. The fourth-order valence-corrected chi connectivity index (χ4v) is 5.21. The number of esters is 1. The number of rotatable bonds is 7. The van der Waals surface area contributed by atoms with Gasteiger partial charge in [0.25, 0.3) is 10.0 Å². The Hall–Kier alpha value is -2.73. The van der Waals surface area contributed by atoms with Crippen LogP contribution in [-0.2, 0) is 30.3 Å². The molecule has 1 aliphatic rings. The minimum Gasteiger partial charge on any atom is -0.466 e. The van der Waals surface area contributed by atoms with E-state index in [-0.39, 0.29) is 4.90 Å². The first kappa shape index (κ1) is 21.0. The number of hydrogen-bond donors (Lipinski definition) is 2. The van der Waals surface area contributed by atoms with Gasteiger partial charge in [0.2, 0.25) is 0 Å². The van der Waals surface area contributed by atoms with E-state index in [4.69, 9.17) is 0 Å². The molecule has 2 aromatic rings. The van der Waals surface area contributed by atoms with Gasteiger partial charge in [-0.2, -0.15) is 0 Å². The molecule has 1 atom stereocenters. The third kappa shape index (κ3) is 4.48. The smallest absolute Gasteiger partial charge is 0.330 e. The number of nitrogens with one attached hydrogen (secondary N) is 1. The molecule has 0 bridgehead atoms. The maximum Gasteiger partial charge on any atom is 0.330 e. The standard InChI is InChI=1S/C18H19N3O6S2/c1-27-18(22)12-11-17-15-9-5-6-10-16(15)19-21(17)20(13-28(23)24)29(25,26)14-7-3-2-4-8-14/h2-12,17,19,28H,13H2,1H3. The summed E-state index contributed by atoms with van der Waals surface area (Å²) in [6.07, 6.45) is 2.60. The van der Waals surface area contributed by atoms with Crippen LogP contribution in [0.2, 0.25) is 0 Å². The van der Waals surface area contributed by atoms with E-state index < -0.39 is 38.6 Å². The molecule has 3 rings (SSSR count). The van der Waals surface area contributed by atoms with Crippen LogP contribution in [0.3, 0.4) is 0 Å². The Labute approximate surface area is 170 Å². The molecule has 0 saturated heterocycles. The van der Waals surface area contributed by atoms with Gasteiger partial charge in [0.15, 0.2) is 10.7 Å². The van der Waals surface area contributed by atoms with Gasteiger partial charge in [0, 0.05) is 11.6 Å². The third-order valence-electron chi connectivity index (χ3n) is 4.19. The number of carbonyl (C=O) groups excluding carboxylic acids is 1. The van der Waals surface area contributed by atoms with Crippen LogP contribution in [0.5, 0.6) is 0 Å². The van der Waals surface area contributed by atoms with Gasteiger partial charge in [-0.3, -0.25) is 0 Å². The molecular formula is C18H19N3O6S2. The van der Waals surface area contributed by atoms with E-state index in [0.717, 1.165) is 10.5 Å². The van der Waals surface area contributed by atoms with Gasteiger partial charge in [-0.05, 0) is 18.2 Å². The number of anilines is 1. The molecule has 1 heterocycles. The van der Waals surface area contributed by atoms with Crippen molar-refractivity contribution in [2.75, 3.05) is 18.4 Å². The summed E-state index contributed by atoms with van der Waals surface area (Å²) in [4.78, 5) is 11.5. The second kappa shape index (κ2) is 8.74. The summed E-state index contributed by atoms with van der Waals surface area (Å²) in [5.74, 6) is -1.41. The minimum atomic E-state index is -4.21. The number of nitrogens with zero attached hydrogens (tertiary/aromatic N) is 2. The van der Waals surface area contributed by atoms with Crippen LogP contribution >= 0.6 is 0 Å². The lowest BCUT2D eigenvalue weighted by molar-refractivity contribution is -0.134. The molecule has 0 aliphatic carbocycles. The lowest BCUT2D eigenvalue weighted by Crippen LogP contribution is -2.49. The summed E-state index contributed by atoms with van der Waals surface area (Å²) in [6.45, 7) is 0. The molecule has 2 aromatic carbocycles. The first-order valence-electron chi connectivity index (χ1n) is 8.45. The van der Waals surface area contributed by atoms with Crippen LogP contribution < -0.4 is 5.43 Å². The van der Waals surface area contributed by atoms with Crippen LogP contribution in [-0.4, -0.2) is 45.3 Å². The normalized spacial score (nSPS) is 16.9. The lowest BCUT2D eigenvalue weighted by Gasteiger charge is -2.32. The summed E-state index contributed by atoms with van der Waals surface area (Å²) in [6, 6.07) is 13.7. The first-order chi connectivity index (χ1) is 13.8. The van der Waals surface area contributed by atoms with E-state index in [2.05, 4.69) is 10.2 Å². The third-order valence-corrected chi connectivity index (χ3v) is 6.61. The summed E-state index contributed by atoms with van der Waals surface area (Å²) in [5.41, 5.74) is 4.17. The fraction of sp³-hybridized carbons (Fsp3) is 0.167. The van der Waals surface area contributed by atoms with Crippen LogP contribution in [0.25, 0.3) is 0 Å². The number of fused-ring (bicyclic) bond motifs is 1. The van der Waals surface area contributed by atoms with E-state index >= 15 is 0 Å². The second-order valence-corrected chi connectivity index (χ2v) is 8.78.